The van der Waals surface area contributed by atoms with Crippen molar-refractivity contribution in [3.63, 3.8) is 0 Å². The first-order chi connectivity index (χ1) is 4.63. The Kier molecular flexibility index (Phi) is 2.64. The molecule has 0 saturated carbocycles. The molecule has 1 aliphatic heterocycles. The molecular formula is C6H16N3P. The average Bonchev–Trinajstić information content (AvgIpc) is 2.11. The summed E-state index contributed by atoms with van der Waals surface area (Å²) in [6.07, 6.45) is 0. The minimum absolute atomic E-state index is 0.127. The van der Waals surface area contributed by atoms with Gasteiger partial charge in [-0.2, -0.15) is 0 Å². The van der Waals surface area contributed by atoms with Crippen LogP contribution in [0.4, 0.5) is 0 Å². The van der Waals surface area contributed by atoms with Gasteiger partial charge < -0.3 is 0 Å². The molecular weight excluding hydrogens is 145 g/mol. The molecule has 0 amide bonds. The first-order valence-corrected chi connectivity index (χ1v) is 4.72. The van der Waals surface area contributed by atoms with E-state index < -0.39 is 0 Å². The van der Waals surface area contributed by atoms with Crippen molar-refractivity contribution in [3.8, 4) is 0 Å². The molecule has 0 atom stereocenters. The summed E-state index contributed by atoms with van der Waals surface area (Å²) in [5.74, 6) is 0. The summed E-state index contributed by atoms with van der Waals surface area (Å²) in [6, 6.07) is 0. The van der Waals surface area contributed by atoms with Gasteiger partial charge in [-0.05, 0) is 28.2 Å². The molecule has 1 heterocycles. The van der Waals surface area contributed by atoms with Gasteiger partial charge in [0.1, 0.15) is 8.37 Å². The van der Waals surface area contributed by atoms with E-state index in [2.05, 4.69) is 42.2 Å². The van der Waals surface area contributed by atoms with Gasteiger partial charge in [0.25, 0.3) is 0 Å². The minimum Gasteiger partial charge on any atom is -0.264 e. The highest BCUT2D eigenvalue weighted by atomic mass is 31.2. The van der Waals surface area contributed by atoms with Crippen LogP contribution in [-0.4, -0.2) is 55.3 Å². The molecule has 1 rings (SSSR count). The Labute approximate surface area is 64.5 Å². The van der Waals surface area contributed by atoms with Crippen LogP contribution in [0.2, 0.25) is 0 Å². The highest BCUT2D eigenvalue weighted by molar-refractivity contribution is 7.50. The highest BCUT2D eigenvalue weighted by Gasteiger charge is 2.28. The SMILES string of the molecule is CN(C)P1N(C)CCN1C. The summed E-state index contributed by atoms with van der Waals surface area (Å²) >= 11 is 0. The Morgan fingerprint density at radius 3 is 1.70 bits per heavy atom. The summed E-state index contributed by atoms with van der Waals surface area (Å²) < 4.78 is 7.12. The maximum absolute atomic E-state index is 2.41. The van der Waals surface area contributed by atoms with Crippen molar-refractivity contribution in [1.82, 2.24) is 14.0 Å². The molecule has 1 fully saturated rings. The lowest BCUT2D eigenvalue weighted by atomic mass is 10.6. The van der Waals surface area contributed by atoms with Crippen molar-refractivity contribution in [2.45, 2.75) is 0 Å². The van der Waals surface area contributed by atoms with Crippen molar-refractivity contribution in [1.29, 1.82) is 0 Å². The van der Waals surface area contributed by atoms with Gasteiger partial charge in [0, 0.05) is 13.1 Å². The largest absolute Gasteiger partial charge is 0.264 e. The topological polar surface area (TPSA) is 9.72 Å². The van der Waals surface area contributed by atoms with Gasteiger partial charge >= 0.3 is 0 Å². The molecule has 1 aliphatic rings. The second-order valence-corrected chi connectivity index (χ2v) is 5.58. The zero-order valence-electron chi connectivity index (χ0n) is 7.20. The number of rotatable bonds is 1. The van der Waals surface area contributed by atoms with Crippen molar-refractivity contribution in [2.24, 2.45) is 0 Å². The van der Waals surface area contributed by atoms with Gasteiger partial charge in [0.2, 0.25) is 0 Å². The molecule has 0 bridgehead atoms. The van der Waals surface area contributed by atoms with Crippen LogP contribution in [0.25, 0.3) is 0 Å². The normalized spacial score (nSPS) is 24.9. The second kappa shape index (κ2) is 3.14. The minimum atomic E-state index is -0.127. The van der Waals surface area contributed by atoms with Crippen LogP contribution in [-0.2, 0) is 0 Å². The van der Waals surface area contributed by atoms with Crippen LogP contribution >= 0.6 is 8.37 Å². The van der Waals surface area contributed by atoms with Crippen molar-refractivity contribution in [3.05, 3.63) is 0 Å². The molecule has 60 valence electrons. The molecule has 0 aromatic heterocycles. The Morgan fingerprint density at radius 1 is 1.10 bits per heavy atom. The summed E-state index contributed by atoms with van der Waals surface area (Å²) in [5, 5.41) is 0. The number of hydrogen-bond acceptors (Lipinski definition) is 3. The summed E-state index contributed by atoms with van der Waals surface area (Å²) in [4.78, 5) is 0. The molecule has 0 aromatic rings. The maximum atomic E-state index is 2.41. The molecule has 10 heavy (non-hydrogen) atoms. The third kappa shape index (κ3) is 1.48. The third-order valence-corrected chi connectivity index (χ3v) is 4.05. The van der Waals surface area contributed by atoms with E-state index in [1.807, 2.05) is 0 Å². The zero-order valence-corrected chi connectivity index (χ0v) is 8.10. The summed E-state index contributed by atoms with van der Waals surface area (Å²) in [6.45, 7) is 2.42. The van der Waals surface area contributed by atoms with E-state index in [0.717, 1.165) is 0 Å². The van der Waals surface area contributed by atoms with Gasteiger partial charge in [-0.1, -0.05) is 0 Å². The molecule has 0 spiro atoms. The quantitative estimate of drug-likeness (QED) is 0.523. The van der Waals surface area contributed by atoms with Crippen molar-refractivity contribution in [2.75, 3.05) is 41.3 Å². The fraction of sp³-hybridized carbons (Fsp3) is 1.00. The van der Waals surface area contributed by atoms with E-state index in [4.69, 9.17) is 0 Å². The second-order valence-electron chi connectivity index (χ2n) is 2.88. The maximum Gasteiger partial charge on any atom is 0.119 e. The third-order valence-electron chi connectivity index (χ3n) is 1.72. The number of hydrogen-bond donors (Lipinski definition) is 0. The molecule has 4 heteroatoms. The highest BCUT2D eigenvalue weighted by Crippen LogP contribution is 2.47. The van der Waals surface area contributed by atoms with E-state index in [1.54, 1.807) is 0 Å². The summed E-state index contributed by atoms with van der Waals surface area (Å²) in [5.41, 5.74) is 0. The average molecular weight is 161 g/mol. The lowest BCUT2D eigenvalue weighted by Gasteiger charge is -2.29. The Hall–Kier alpha value is 0.310. The lowest BCUT2D eigenvalue weighted by Crippen LogP contribution is -2.20. The van der Waals surface area contributed by atoms with Crippen LogP contribution < -0.4 is 0 Å². The molecule has 0 N–H and O–H groups in total. The molecule has 0 aliphatic carbocycles. The fourth-order valence-electron chi connectivity index (χ4n) is 1.34. The number of nitrogens with zero attached hydrogens (tertiary/aromatic N) is 3. The van der Waals surface area contributed by atoms with Crippen LogP contribution in [0.3, 0.4) is 0 Å². The predicted octanol–water partition coefficient (Wildman–Crippen LogP) is 0.652. The van der Waals surface area contributed by atoms with Crippen molar-refractivity contribution >= 4 is 8.37 Å². The van der Waals surface area contributed by atoms with E-state index in [0.29, 0.717) is 0 Å². The van der Waals surface area contributed by atoms with Gasteiger partial charge in [0.05, 0.1) is 0 Å². The molecule has 3 nitrogen and oxygen atoms in total. The van der Waals surface area contributed by atoms with Crippen LogP contribution in [0, 0.1) is 0 Å². The monoisotopic (exact) mass is 161 g/mol. The lowest BCUT2D eigenvalue weighted by molar-refractivity contribution is 0.547. The van der Waals surface area contributed by atoms with Crippen LogP contribution in [0.1, 0.15) is 0 Å². The van der Waals surface area contributed by atoms with Crippen LogP contribution in [0.5, 0.6) is 0 Å². The molecule has 0 aromatic carbocycles. The van der Waals surface area contributed by atoms with E-state index >= 15 is 0 Å². The van der Waals surface area contributed by atoms with Crippen molar-refractivity contribution < 1.29 is 0 Å². The first-order valence-electron chi connectivity index (χ1n) is 3.52. The standard InChI is InChI=1S/C6H16N3P/c1-7(2)10-8(3)5-6-9(10)4/h5-6H2,1-4H3. The van der Waals surface area contributed by atoms with Gasteiger partial charge in [-0.25, -0.2) is 0 Å². The Balaban J connectivity index is 2.54. The van der Waals surface area contributed by atoms with E-state index in [-0.39, 0.29) is 8.37 Å². The Morgan fingerprint density at radius 2 is 1.50 bits per heavy atom. The van der Waals surface area contributed by atoms with Crippen LogP contribution in [0.15, 0.2) is 0 Å². The predicted molar refractivity (Wildman–Crippen MR) is 45.9 cm³/mol. The van der Waals surface area contributed by atoms with Gasteiger partial charge in [-0.15, -0.1) is 0 Å². The zero-order chi connectivity index (χ0) is 7.72. The number of likely N-dealkylation sites (N-methyl/N-ethyl adjacent to an activating group) is 2. The van der Waals surface area contributed by atoms with Gasteiger partial charge in [-0.3, -0.25) is 14.0 Å². The van der Waals surface area contributed by atoms with Gasteiger partial charge in [0.15, 0.2) is 0 Å². The first kappa shape index (κ1) is 8.41. The Bertz CT molecular complexity index is 108. The molecule has 0 radical (unpaired) electrons. The fourth-order valence-corrected chi connectivity index (χ4v) is 3.62. The molecule has 1 saturated heterocycles. The summed E-state index contributed by atoms with van der Waals surface area (Å²) in [7, 11) is 8.54. The van der Waals surface area contributed by atoms with E-state index in [9.17, 15) is 0 Å². The molecule has 0 unspecified atom stereocenters. The van der Waals surface area contributed by atoms with E-state index in [1.165, 1.54) is 13.1 Å². The smallest absolute Gasteiger partial charge is 0.119 e.